The van der Waals surface area contributed by atoms with E-state index in [-0.39, 0.29) is 5.78 Å². The van der Waals surface area contributed by atoms with Gasteiger partial charge in [0.05, 0.1) is 5.52 Å². The van der Waals surface area contributed by atoms with E-state index < -0.39 is 0 Å². The Morgan fingerprint density at radius 3 is 2.64 bits per heavy atom. The Hall–Kier alpha value is -3.46. The van der Waals surface area contributed by atoms with Crippen molar-refractivity contribution in [2.75, 3.05) is 0 Å². The van der Waals surface area contributed by atoms with E-state index in [4.69, 9.17) is 0 Å². The Labute approximate surface area is 145 Å². The number of ketones is 1. The van der Waals surface area contributed by atoms with Crippen molar-refractivity contribution in [2.45, 2.75) is 0 Å². The highest BCUT2D eigenvalue weighted by Crippen LogP contribution is 2.18. The van der Waals surface area contributed by atoms with Gasteiger partial charge in [0.25, 0.3) is 0 Å². The molecule has 4 rings (SSSR count). The van der Waals surface area contributed by atoms with Crippen molar-refractivity contribution in [2.24, 2.45) is 0 Å². The summed E-state index contributed by atoms with van der Waals surface area (Å²) in [6, 6.07) is 21.4. The van der Waals surface area contributed by atoms with E-state index in [1.165, 1.54) is 0 Å². The summed E-state index contributed by atoms with van der Waals surface area (Å²) in [6.07, 6.45) is 9.16. The summed E-state index contributed by atoms with van der Waals surface area (Å²) in [4.78, 5) is 16.9. The molecule has 25 heavy (non-hydrogen) atoms. The first-order chi connectivity index (χ1) is 12.3. The van der Waals surface area contributed by atoms with Crippen LogP contribution in [0.3, 0.4) is 0 Å². The van der Waals surface area contributed by atoms with Gasteiger partial charge in [-0.3, -0.25) is 9.78 Å². The third kappa shape index (κ3) is 3.12. The molecule has 0 N–H and O–H groups in total. The van der Waals surface area contributed by atoms with Gasteiger partial charge >= 0.3 is 0 Å². The van der Waals surface area contributed by atoms with Crippen LogP contribution in [0.25, 0.3) is 22.7 Å². The molecule has 0 saturated carbocycles. The topological polar surface area (TPSA) is 34.9 Å². The van der Waals surface area contributed by atoms with Gasteiger partial charge in [0, 0.05) is 35.2 Å². The molecule has 120 valence electrons. The molecule has 3 nitrogen and oxygen atoms in total. The zero-order valence-corrected chi connectivity index (χ0v) is 13.5. The second-order valence-corrected chi connectivity index (χ2v) is 5.76. The molecular formula is C22H16N2O. The number of carbonyl (C=O) groups excluding carboxylic acids is 1. The van der Waals surface area contributed by atoms with E-state index in [0.717, 1.165) is 22.2 Å². The lowest BCUT2D eigenvalue weighted by Gasteiger charge is -2.04. The molecule has 0 aliphatic rings. The molecule has 0 radical (unpaired) electrons. The monoisotopic (exact) mass is 324 g/mol. The van der Waals surface area contributed by atoms with Crippen molar-refractivity contribution < 1.29 is 4.79 Å². The van der Waals surface area contributed by atoms with Crippen LogP contribution < -0.4 is 0 Å². The molecule has 2 aromatic carbocycles. The van der Waals surface area contributed by atoms with Crippen LogP contribution in [0.15, 0.2) is 91.4 Å². The maximum atomic E-state index is 12.6. The molecular weight excluding hydrogens is 308 g/mol. The number of aromatic nitrogens is 2. The first-order valence-corrected chi connectivity index (χ1v) is 8.11. The maximum Gasteiger partial charge on any atom is 0.185 e. The largest absolute Gasteiger partial charge is 0.324 e. The van der Waals surface area contributed by atoms with Gasteiger partial charge in [0.2, 0.25) is 0 Å². The highest BCUT2D eigenvalue weighted by Gasteiger charge is 2.05. The average Bonchev–Trinajstić information content (AvgIpc) is 3.21. The minimum Gasteiger partial charge on any atom is -0.324 e. The maximum absolute atomic E-state index is 12.6. The molecule has 4 aromatic rings. The number of nitrogens with zero attached hydrogens (tertiary/aromatic N) is 2. The molecule has 0 unspecified atom stereocenters. The highest BCUT2D eigenvalue weighted by atomic mass is 16.1. The van der Waals surface area contributed by atoms with Crippen LogP contribution in [0.1, 0.15) is 15.9 Å². The molecule has 0 spiro atoms. The van der Waals surface area contributed by atoms with Gasteiger partial charge in [-0.1, -0.05) is 36.4 Å². The van der Waals surface area contributed by atoms with Crippen LogP contribution in [0, 0.1) is 0 Å². The summed E-state index contributed by atoms with van der Waals surface area (Å²) >= 11 is 0. The first kappa shape index (κ1) is 15.1. The molecule has 0 bridgehead atoms. The van der Waals surface area contributed by atoms with Gasteiger partial charge < -0.3 is 4.57 Å². The Morgan fingerprint density at radius 1 is 0.920 bits per heavy atom. The lowest BCUT2D eigenvalue weighted by atomic mass is 10.1. The number of benzene rings is 2. The second-order valence-electron chi connectivity index (χ2n) is 5.76. The second kappa shape index (κ2) is 6.57. The van der Waals surface area contributed by atoms with Crippen LogP contribution in [0.2, 0.25) is 0 Å². The molecule has 0 aliphatic heterocycles. The van der Waals surface area contributed by atoms with Crippen molar-refractivity contribution in [3.05, 3.63) is 103 Å². The van der Waals surface area contributed by atoms with E-state index in [1.807, 2.05) is 89.8 Å². The molecule has 0 fully saturated rings. The highest BCUT2D eigenvalue weighted by molar-refractivity contribution is 6.08. The Kier molecular flexibility index (Phi) is 3.97. The molecule has 3 heteroatoms. The lowest BCUT2D eigenvalue weighted by Crippen LogP contribution is -1.97. The smallest absolute Gasteiger partial charge is 0.185 e. The van der Waals surface area contributed by atoms with Gasteiger partial charge in [-0.15, -0.1) is 0 Å². The number of hydrogen-bond donors (Lipinski definition) is 0. The number of carbonyl (C=O) groups is 1. The van der Waals surface area contributed by atoms with Crippen LogP contribution in [-0.4, -0.2) is 15.3 Å². The zero-order valence-electron chi connectivity index (χ0n) is 13.5. The van der Waals surface area contributed by atoms with Gasteiger partial charge in [-0.2, -0.15) is 0 Å². The quantitative estimate of drug-likeness (QED) is 0.394. The number of allylic oxidation sites excluding steroid dienone is 1. The molecule has 0 aliphatic carbocycles. The predicted molar refractivity (Wildman–Crippen MR) is 101 cm³/mol. The van der Waals surface area contributed by atoms with E-state index >= 15 is 0 Å². The lowest BCUT2D eigenvalue weighted by molar-refractivity contribution is 0.104. The van der Waals surface area contributed by atoms with Crippen LogP contribution in [0.4, 0.5) is 0 Å². The van der Waals surface area contributed by atoms with E-state index in [0.29, 0.717) is 5.56 Å². The van der Waals surface area contributed by atoms with E-state index in [2.05, 4.69) is 4.98 Å². The van der Waals surface area contributed by atoms with Gasteiger partial charge in [0.1, 0.15) is 0 Å². The minimum absolute atomic E-state index is 0.0186. The first-order valence-electron chi connectivity index (χ1n) is 8.11. The summed E-state index contributed by atoms with van der Waals surface area (Å²) in [5, 5.41) is 1.04. The summed E-state index contributed by atoms with van der Waals surface area (Å²) in [7, 11) is 0. The SMILES string of the molecule is O=C(/C=C/c1ccnc2ccccc12)c1cccc(-n2cccc2)c1. The number of hydrogen-bond acceptors (Lipinski definition) is 2. The van der Waals surface area contributed by atoms with Gasteiger partial charge in [-0.05, 0) is 48.0 Å². The third-order valence-corrected chi connectivity index (χ3v) is 4.13. The standard InChI is InChI=1S/C22H16N2O/c25-22(18-6-5-7-19(16-18)24-14-3-4-15-24)11-10-17-12-13-23-21-9-2-1-8-20(17)21/h1-16H/b11-10+. The molecule has 0 amide bonds. The van der Waals surface area contributed by atoms with E-state index in [9.17, 15) is 4.79 Å². The summed E-state index contributed by atoms with van der Waals surface area (Å²) in [5.41, 5.74) is 3.55. The van der Waals surface area contributed by atoms with Gasteiger partial charge in [0.15, 0.2) is 5.78 Å². The summed E-state index contributed by atoms with van der Waals surface area (Å²) < 4.78 is 1.98. The fraction of sp³-hybridized carbons (Fsp3) is 0. The van der Waals surface area contributed by atoms with Crippen LogP contribution in [0.5, 0.6) is 0 Å². The van der Waals surface area contributed by atoms with Gasteiger partial charge in [-0.25, -0.2) is 0 Å². The van der Waals surface area contributed by atoms with Crippen LogP contribution in [-0.2, 0) is 0 Å². The third-order valence-electron chi connectivity index (χ3n) is 4.13. The summed E-state index contributed by atoms with van der Waals surface area (Å²) in [5.74, 6) is -0.0186. The molecule has 2 heterocycles. The zero-order chi connectivity index (χ0) is 17.1. The molecule has 2 aromatic heterocycles. The Morgan fingerprint density at radius 2 is 1.76 bits per heavy atom. The Balaban J connectivity index is 1.63. The minimum atomic E-state index is -0.0186. The fourth-order valence-electron chi connectivity index (χ4n) is 2.85. The number of rotatable bonds is 4. The molecule has 0 atom stereocenters. The normalized spacial score (nSPS) is 11.2. The van der Waals surface area contributed by atoms with E-state index in [1.54, 1.807) is 12.3 Å². The Bertz CT molecular complexity index is 1060. The van der Waals surface area contributed by atoms with Crippen molar-refractivity contribution in [1.29, 1.82) is 0 Å². The number of fused-ring (bicyclic) bond motifs is 1. The van der Waals surface area contributed by atoms with Crippen molar-refractivity contribution in [3.63, 3.8) is 0 Å². The van der Waals surface area contributed by atoms with Crippen molar-refractivity contribution in [3.8, 4) is 5.69 Å². The fourth-order valence-corrected chi connectivity index (χ4v) is 2.85. The average molecular weight is 324 g/mol. The predicted octanol–water partition coefficient (Wildman–Crippen LogP) is 4.92. The van der Waals surface area contributed by atoms with Crippen molar-refractivity contribution >= 4 is 22.8 Å². The molecule has 0 saturated heterocycles. The van der Waals surface area contributed by atoms with Crippen LogP contribution >= 0.6 is 0 Å². The van der Waals surface area contributed by atoms with Crippen molar-refractivity contribution in [1.82, 2.24) is 9.55 Å². The number of para-hydroxylation sites is 1. The number of pyridine rings is 1. The summed E-state index contributed by atoms with van der Waals surface area (Å²) in [6.45, 7) is 0.